The normalized spacial score (nSPS) is 12.4. The molecule has 10 heteroatoms. The van der Waals surface area contributed by atoms with Crippen molar-refractivity contribution in [3.8, 4) is 0 Å². The van der Waals surface area contributed by atoms with Crippen molar-refractivity contribution in [2.75, 3.05) is 17.1 Å². The largest absolute Gasteiger partial charge is 0.352 e. The standard InChI is InChI=1S/C27H37Cl2N3O4S/c1-7-24(27(34)30-18(2)3)31(17-21-12-13-22(28)23(29)16-21)26(33)9-8-14-32(37(6,35)36)25-15-19(4)10-11-20(25)5/h10-13,15-16,18,24H,7-9,14,17H2,1-6H3,(H,30,34)/t24-/m1/s1. The molecule has 1 atom stereocenters. The summed E-state index contributed by atoms with van der Waals surface area (Å²) in [6.07, 6.45) is 1.95. The molecule has 0 aliphatic rings. The third kappa shape index (κ3) is 8.90. The number of anilines is 1. The summed E-state index contributed by atoms with van der Waals surface area (Å²) in [5.41, 5.74) is 3.12. The summed E-state index contributed by atoms with van der Waals surface area (Å²) in [5, 5.41) is 3.66. The summed E-state index contributed by atoms with van der Waals surface area (Å²) < 4.78 is 26.6. The molecule has 0 unspecified atom stereocenters. The predicted molar refractivity (Wildman–Crippen MR) is 152 cm³/mol. The highest BCUT2D eigenvalue weighted by atomic mass is 35.5. The summed E-state index contributed by atoms with van der Waals surface area (Å²) in [7, 11) is -3.56. The number of halogens is 2. The number of benzene rings is 2. The number of hydrogen-bond acceptors (Lipinski definition) is 4. The molecule has 204 valence electrons. The SMILES string of the molecule is CC[C@H](C(=O)NC(C)C)N(Cc1ccc(Cl)c(Cl)c1)C(=O)CCCN(c1cc(C)ccc1C)S(C)(=O)=O. The van der Waals surface area contributed by atoms with Crippen LogP contribution in [0.4, 0.5) is 5.69 Å². The molecule has 0 aliphatic carbocycles. The van der Waals surface area contributed by atoms with Gasteiger partial charge in [0.25, 0.3) is 0 Å². The monoisotopic (exact) mass is 569 g/mol. The van der Waals surface area contributed by atoms with Crippen LogP contribution in [0, 0.1) is 13.8 Å². The Labute approximate surface area is 231 Å². The van der Waals surface area contributed by atoms with Crippen LogP contribution in [0.1, 0.15) is 56.7 Å². The molecule has 7 nitrogen and oxygen atoms in total. The van der Waals surface area contributed by atoms with Crippen LogP contribution in [0.3, 0.4) is 0 Å². The summed E-state index contributed by atoms with van der Waals surface area (Å²) in [6, 6.07) is 9.99. The number of rotatable bonds is 12. The van der Waals surface area contributed by atoms with E-state index in [-0.39, 0.29) is 37.4 Å². The molecule has 0 aromatic heterocycles. The minimum atomic E-state index is -3.56. The average Bonchev–Trinajstić information content (AvgIpc) is 2.79. The van der Waals surface area contributed by atoms with Gasteiger partial charge in [0.1, 0.15) is 6.04 Å². The Bertz CT molecular complexity index is 1220. The molecule has 0 saturated carbocycles. The van der Waals surface area contributed by atoms with Gasteiger partial charge in [-0.25, -0.2) is 8.42 Å². The van der Waals surface area contributed by atoms with Gasteiger partial charge in [0.15, 0.2) is 0 Å². The average molecular weight is 571 g/mol. The lowest BCUT2D eigenvalue weighted by Gasteiger charge is -2.32. The maximum atomic E-state index is 13.5. The smallest absolute Gasteiger partial charge is 0.243 e. The minimum Gasteiger partial charge on any atom is -0.352 e. The van der Waals surface area contributed by atoms with Crippen molar-refractivity contribution in [1.29, 1.82) is 0 Å². The van der Waals surface area contributed by atoms with Crippen molar-refractivity contribution in [2.24, 2.45) is 0 Å². The van der Waals surface area contributed by atoms with Crippen molar-refractivity contribution in [2.45, 2.75) is 72.5 Å². The first kappa shape index (κ1) is 30.9. The zero-order valence-corrected chi connectivity index (χ0v) is 24.7. The summed E-state index contributed by atoms with van der Waals surface area (Å²) >= 11 is 12.2. The highest BCUT2D eigenvalue weighted by molar-refractivity contribution is 7.92. The van der Waals surface area contributed by atoms with E-state index in [2.05, 4.69) is 5.32 Å². The van der Waals surface area contributed by atoms with Crippen LogP contribution in [-0.2, 0) is 26.2 Å². The van der Waals surface area contributed by atoms with E-state index in [0.717, 1.165) is 22.9 Å². The lowest BCUT2D eigenvalue weighted by molar-refractivity contribution is -0.141. The molecule has 2 aromatic carbocycles. The van der Waals surface area contributed by atoms with Gasteiger partial charge in [-0.3, -0.25) is 13.9 Å². The van der Waals surface area contributed by atoms with Gasteiger partial charge < -0.3 is 10.2 Å². The maximum Gasteiger partial charge on any atom is 0.243 e. The van der Waals surface area contributed by atoms with E-state index in [4.69, 9.17) is 23.2 Å². The van der Waals surface area contributed by atoms with E-state index in [0.29, 0.717) is 28.6 Å². The van der Waals surface area contributed by atoms with Gasteiger partial charge in [-0.2, -0.15) is 0 Å². The second-order valence-electron chi connectivity index (χ2n) is 9.59. The van der Waals surface area contributed by atoms with Crippen LogP contribution in [0.15, 0.2) is 36.4 Å². The van der Waals surface area contributed by atoms with E-state index >= 15 is 0 Å². The first-order chi connectivity index (χ1) is 17.2. The molecule has 0 fully saturated rings. The fourth-order valence-electron chi connectivity index (χ4n) is 4.11. The summed E-state index contributed by atoms with van der Waals surface area (Å²) in [4.78, 5) is 28.0. The number of amides is 2. The fraction of sp³-hybridized carbons (Fsp3) is 0.481. The van der Waals surface area contributed by atoms with Gasteiger partial charge in [-0.15, -0.1) is 0 Å². The number of sulfonamides is 1. The van der Waals surface area contributed by atoms with Crippen molar-refractivity contribution in [3.05, 3.63) is 63.1 Å². The van der Waals surface area contributed by atoms with Gasteiger partial charge in [-0.1, -0.05) is 48.3 Å². The van der Waals surface area contributed by atoms with Crippen LogP contribution < -0.4 is 9.62 Å². The Balaban J connectivity index is 2.28. The Hall–Kier alpha value is -2.29. The number of carbonyl (C=O) groups is 2. The fourth-order valence-corrected chi connectivity index (χ4v) is 5.44. The molecule has 0 spiro atoms. The second kappa shape index (κ2) is 13.5. The molecule has 0 saturated heterocycles. The van der Waals surface area contributed by atoms with Crippen LogP contribution in [-0.4, -0.2) is 50.0 Å². The highest BCUT2D eigenvalue weighted by Crippen LogP contribution is 2.26. The lowest BCUT2D eigenvalue weighted by atomic mass is 10.1. The topological polar surface area (TPSA) is 86.8 Å². The van der Waals surface area contributed by atoms with E-state index in [1.54, 1.807) is 23.1 Å². The molecule has 0 heterocycles. The first-order valence-electron chi connectivity index (χ1n) is 12.3. The Morgan fingerprint density at radius 1 is 1.03 bits per heavy atom. The van der Waals surface area contributed by atoms with Crippen molar-refractivity contribution in [3.63, 3.8) is 0 Å². The molecule has 2 aromatic rings. The lowest BCUT2D eigenvalue weighted by Crippen LogP contribution is -2.50. The zero-order valence-electron chi connectivity index (χ0n) is 22.3. The van der Waals surface area contributed by atoms with E-state index in [1.165, 1.54) is 4.31 Å². The molecule has 0 radical (unpaired) electrons. The van der Waals surface area contributed by atoms with E-state index in [9.17, 15) is 18.0 Å². The van der Waals surface area contributed by atoms with Gasteiger partial charge in [0.05, 0.1) is 22.0 Å². The number of hydrogen-bond donors (Lipinski definition) is 1. The van der Waals surface area contributed by atoms with Crippen molar-refractivity contribution in [1.82, 2.24) is 10.2 Å². The molecule has 2 amide bonds. The number of aryl methyl sites for hydroxylation is 2. The Morgan fingerprint density at radius 2 is 1.70 bits per heavy atom. The molecule has 0 aliphatic heterocycles. The highest BCUT2D eigenvalue weighted by Gasteiger charge is 2.29. The summed E-state index contributed by atoms with van der Waals surface area (Å²) in [5.74, 6) is -0.481. The Morgan fingerprint density at radius 3 is 2.27 bits per heavy atom. The van der Waals surface area contributed by atoms with Crippen LogP contribution in [0.25, 0.3) is 0 Å². The van der Waals surface area contributed by atoms with Crippen LogP contribution >= 0.6 is 23.2 Å². The van der Waals surface area contributed by atoms with Crippen molar-refractivity contribution < 1.29 is 18.0 Å². The molecule has 37 heavy (non-hydrogen) atoms. The van der Waals surface area contributed by atoms with Gasteiger partial charge in [0, 0.05) is 25.6 Å². The van der Waals surface area contributed by atoms with E-state index in [1.807, 2.05) is 52.8 Å². The Kier molecular flexibility index (Phi) is 11.3. The molecular weight excluding hydrogens is 533 g/mol. The second-order valence-corrected chi connectivity index (χ2v) is 12.3. The minimum absolute atomic E-state index is 0.0731. The molecule has 2 rings (SSSR count). The van der Waals surface area contributed by atoms with E-state index < -0.39 is 16.1 Å². The van der Waals surface area contributed by atoms with Gasteiger partial charge >= 0.3 is 0 Å². The molecule has 1 N–H and O–H groups in total. The third-order valence-electron chi connectivity index (χ3n) is 5.94. The zero-order chi connectivity index (χ0) is 27.9. The van der Waals surface area contributed by atoms with Gasteiger partial charge in [-0.05, 0) is 75.4 Å². The predicted octanol–water partition coefficient (Wildman–Crippen LogP) is 5.49. The number of nitrogens with one attached hydrogen (secondary N) is 1. The maximum absolute atomic E-state index is 13.5. The first-order valence-corrected chi connectivity index (χ1v) is 14.9. The number of carbonyl (C=O) groups excluding carboxylic acids is 2. The quantitative estimate of drug-likeness (QED) is 0.366. The van der Waals surface area contributed by atoms with Crippen LogP contribution in [0.5, 0.6) is 0 Å². The third-order valence-corrected chi connectivity index (χ3v) is 7.86. The molecular formula is C27H37Cl2N3O4S. The van der Waals surface area contributed by atoms with Crippen molar-refractivity contribution >= 4 is 50.7 Å². The van der Waals surface area contributed by atoms with Crippen LogP contribution in [0.2, 0.25) is 10.0 Å². The molecule has 0 bridgehead atoms. The number of nitrogens with zero attached hydrogens (tertiary/aromatic N) is 2. The summed E-state index contributed by atoms with van der Waals surface area (Å²) in [6.45, 7) is 9.66. The van der Waals surface area contributed by atoms with Gasteiger partial charge in [0.2, 0.25) is 21.8 Å².